The van der Waals surface area contributed by atoms with Crippen LogP contribution in [0.4, 0.5) is 0 Å². The number of nitrogens with zero attached hydrogens (tertiary/aromatic N) is 3. The van der Waals surface area contributed by atoms with Crippen LogP contribution < -0.4 is 0 Å². The van der Waals surface area contributed by atoms with Crippen molar-refractivity contribution in [2.24, 2.45) is 0 Å². The third-order valence-electron chi connectivity index (χ3n) is 5.01. The zero-order valence-corrected chi connectivity index (χ0v) is 17.1. The maximum absolute atomic E-state index is 13.2. The molecule has 6 nitrogen and oxygen atoms in total. The fourth-order valence-corrected chi connectivity index (χ4v) is 4.85. The molecular weight excluding hydrogens is 350 g/mol. The van der Waals surface area contributed by atoms with Gasteiger partial charge >= 0.3 is 0 Å². The third kappa shape index (κ3) is 5.13. The summed E-state index contributed by atoms with van der Waals surface area (Å²) in [5.41, 5.74) is 0.525. The van der Waals surface area contributed by atoms with Crippen LogP contribution in [-0.2, 0) is 10.0 Å². The number of benzene rings is 1. The van der Waals surface area contributed by atoms with E-state index in [-0.39, 0.29) is 16.7 Å². The minimum Gasteiger partial charge on any atom is -0.308 e. The van der Waals surface area contributed by atoms with E-state index in [1.54, 1.807) is 28.6 Å². The van der Waals surface area contributed by atoms with E-state index >= 15 is 0 Å². The van der Waals surface area contributed by atoms with Gasteiger partial charge in [0, 0.05) is 31.2 Å². The van der Waals surface area contributed by atoms with Crippen molar-refractivity contribution in [1.29, 1.82) is 0 Å². The summed E-state index contributed by atoms with van der Waals surface area (Å²) in [6, 6.07) is 6.54. The molecule has 1 aliphatic heterocycles. The summed E-state index contributed by atoms with van der Waals surface area (Å²) in [5.74, 6) is -0.0667. The van der Waals surface area contributed by atoms with E-state index in [4.69, 9.17) is 0 Å². The highest BCUT2D eigenvalue weighted by molar-refractivity contribution is 7.89. The van der Waals surface area contributed by atoms with Gasteiger partial charge in [-0.2, -0.15) is 4.31 Å². The number of hydrogen-bond donors (Lipinski definition) is 0. The van der Waals surface area contributed by atoms with E-state index in [2.05, 4.69) is 11.8 Å². The van der Waals surface area contributed by atoms with Crippen LogP contribution in [0, 0.1) is 0 Å². The zero-order chi connectivity index (χ0) is 19.3. The van der Waals surface area contributed by atoms with Crippen LogP contribution in [0.2, 0.25) is 0 Å². The lowest BCUT2D eigenvalue weighted by Crippen LogP contribution is -2.45. The van der Waals surface area contributed by atoms with Gasteiger partial charge in [0.25, 0.3) is 0 Å². The Morgan fingerprint density at radius 1 is 1.19 bits per heavy atom. The predicted molar refractivity (Wildman–Crippen MR) is 104 cm³/mol. The van der Waals surface area contributed by atoms with Crippen LogP contribution in [0.25, 0.3) is 0 Å². The standard InChI is InChI=1S/C19H31N3O3S/c1-5-21-12-6-7-18(21)15-22(14-13-20(3)4)26(24,25)19-10-8-17(9-11-19)16(2)23/h8-11,18H,5-7,12-15H2,1-4H3. The first-order valence-electron chi connectivity index (χ1n) is 9.25. The second kappa shape index (κ2) is 9.08. The fraction of sp³-hybridized carbons (Fsp3) is 0.632. The van der Waals surface area contributed by atoms with E-state index in [0.29, 0.717) is 25.2 Å². The van der Waals surface area contributed by atoms with Gasteiger partial charge in [-0.1, -0.05) is 19.1 Å². The van der Waals surface area contributed by atoms with Crippen molar-refractivity contribution in [2.75, 3.05) is 46.8 Å². The van der Waals surface area contributed by atoms with E-state index in [1.807, 2.05) is 19.0 Å². The zero-order valence-electron chi connectivity index (χ0n) is 16.3. The largest absolute Gasteiger partial charge is 0.308 e. The summed E-state index contributed by atoms with van der Waals surface area (Å²) in [6.07, 6.45) is 2.15. The molecule has 1 saturated heterocycles. The minimum absolute atomic E-state index is 0.0667. The Balaban J connectivity index is 2.25. The SMILES string of the molecule is CCN1CCCC1CN(CCN(C)C)S(=O)(=O)c1ccc(C(C)=O)cc1. The number of hydrogen-bond acceptors (Lipinski definition) is 5. The van der Waals surface area contributed by atoms with Crippen LogP contribution in [0.3, 0.4) is 0 Å². The monoisotopic (exact) mass is 381 g/mol. The van der Waals surface area contributed by atoms with Gasteiger partial charge in [0.15, 0.2) is 5.78 Å². The Morgan fingerprint density at radius 3 is 2.38 bits per heavy atom. The molecule has 1 aliphatic rings. The minimum atomic E-state index is -3.59. The number of ketones is 1. The highest BCUT2D eigenvalue weighted by Gasteiger charge is 2.31. The number of sulfonamides is 1. The first-order chi connectivity index (χ1) is 12.3. The van der Waals surface area contributed by atoms with Crippen molar-refractivity contribution >= 4 is 15.8 Å². The average Bonchev–Trinajstić information content (AvgIpc) is 3.05. The Hall–Kier alpha value is -1.28. The molecule has 0 bridgehead atoms. The van der Waals surface area contributed by atoms with Gasteiger partial charge in [-0.3, -0.25) is 9.69 Å². The van der Waals surface area contributed by atoms with Crippen LogP contribution in [0.1, 0.15) is 37.0 Å². The van der Waals surface area contributed by atoms with Gasteiger partial charge < -0.3 is 4.90 Å². The van der Waals surface area contributed by atoms with Crippen LogP contribution in [0.5, 0.6) is 0 Å². The first kappa shape index (κ1) is 21.0. The summed E-state index contributed by atoms with van der Waals surface area (Å²) >= 11 is 0. The molecule has 1 unspecified atom stereocenters. The predicted octanol–water partition coefficient (Wildman–Crippen LogP) is 1.93. The number of carbonyl (C=O) groups excluding carboxylic acids is 1. The maximum atomic E-state index is 13.2. The molecule has 1 aromatic carbocycles. The summed E-state index contributed by atoms with van der Waals surface area (Å²) in [7, 11) is 0.300. The van der Waals surface area contributed by atoms with E-state index < -0.39 is 10.0 Å². The summed E-state index contributed by atoms with van der Waals surface area (Å²) in [4.78, 5) is 16.1. The van der Waals surface area contributed by atoms with Crippen LogP contribution in [0.15, 0.2) is 29.2 Å². The number of carbonyl (C=O) groups is 1. The summed E-state index contributed by atoms with van der Waals surface area (Å²) in [6.45, 7) is 7.22. The van der Waals surface area contributed by atoms with Crippen molar-refractivity contribution in [2.45, 2.75) is 37.6 Å². The Morgan fingerprint density at radius 2 is 1.85 bits per heavy atom. The third-order valence-corrected chi connectivity index (χ3v) is 6.89. The molecule has 26 heavy (non-hydrogen) atoms. The average molecular weight is 382 g/mol. The molecule has 0 N–H and O–H groups in total. The second-order valence-corrected chi connectivity index (χ2v) is 9.11. The molecule has 1 heterocycles. The first-order valence-corrected chi connectivity index (χ1v) is 10.7. The highest BCUT2D eigenvalue weighted by Crippen LogP contribution is 2.22. The lowest BCUT2D eigenvalue weighted by Gasteiger charge is -2.30. The molecule has 1 atom stereocenters. The van der Waals surface area contributed by atoms with Crippen LogP contribution >= 0.6 is 0 Å². The van der Waals surface area contributed by atoms with E-state index in [9.17, 15) is 13.2 Å². The molecule has 1 aromatic rings. The Bertz CT molecular complexity index is 701. The summed E-state index contributed by atoms with van der Waals surface area (Å²) < 4.78 is 28.0. The van der Waals surface area contributed by atoms with Gasteiger partial charge in [0.2, 0.25) is 10.0 Å². The normalized spacial score (nSPS) is 18.8. The molecule has 7 heteroatoms. The molecule has 0 radical (unpaired) electrons. The molecule has 0 spiro atoms. The molecule has 0 aromatic heterocycles. The number of likely N-dealkylation sites (N-methyl/N-ethyl adjacent to an activating group) is 2. The van der Waals surface area contributed by atoms with Crippen LogP contribution in [-0.4, -0.2) is 81.2 Å². The molecule has 2 rings (SSSR count). The topological polar surface area (TPSA) is 60.9 Å². The van der Waals surface area contributed by atoms with Crippen molar-refractivity contribution < 1.29 is 13.2 Å². The van der Waals surface area contributed by atoms with Crippen molar-refractivity contribution in [3.63, 3.8) is 0 Å². The Labute approximate surface area is 157 Å². The van der Waals surface area contributed by atoms with E-state index in [0.717, 1.165) is 25.9 Å². The van der Waals surface area contributed by atoms with Gasteiger partial charge in [0.05, 0.1) is 4.90 Å². The lowest BCUT2D eigenvalue weighted by molar-refractivity contribution is 0.101. The number of likely N-dealkylation sites (tertiary alicyclic amines) is 1. The second-order valence-electron chi connectivity index (χ2n) is 7.17. The van der Waals surface area contributed by atoms with Gasteiger partial charge in [-0.15, -0.1) is 0 Å². The van der Waals surface area contributed by atoms with Gasteiger partial charge in [-0.05, 0) is 59.1 Å². The van der Waals surface area contributed by atoms with E-state index in [1.165, 1.54) is 6.92 Å². The van der Waals surface area contributed by atoms with Crippen molar-refractivity contribution in [3.05, 3.63) is 29.8 Å². The molecule has 0 saturated carbocycles. The summed E-state index contributed by atoms with van der Waals surface area (Å²) in [5, 5.41) is 0. The molecule has 146 valence electrons. The van der Waals surface area contributed by atoms with Gasteiger partial charge in [-0.25, -0.2) is 8.42 Å². The maximum Gasteiger partial charge on any atom is 0.243 e. The number of Topliss-reactive ketones (excluding diaryl/α,β-unsaturated/α-hetero) is 1. The fourth-order valence-electron chi connectivity index (χ4n) is 3.39. The van der Waals surface area contributed by atoms with Crippen molar-refractivity contribution in [3.8, 4) is 0 Å². The molecular formula is C19H31N3O3S. The lowest BCUT2D eigenvalue weighted by atomic mass is 10.2. The number of rotatable bonds is 9. The Kier molecular flexibility index (Phi) is 7.34. The highest BCUT2D eigenvalue weighted by atomic mass is 32.2. The quantitative estimate of drug-likeness (QED) is 0.612. The molecule has 1 fully saturated rings. The van der Waals surface area contributed by atoms with Gasteiger partial charge in [0.1, 0.15) is 0 Å². The molecule has 0 aliphatic carbocycles. The molecule has 0 amide bonds. The smallest absolute Gasteiger partial charge is 0.243 e. The van der Waals surface area contributed by atoms with Crippen molar-refractivity contribution in [1.82, 2.24) is 14.1 Å².